The number of nitrogens with one attached hydrogen (secondary N) is 1. The monoisotopic (exact) mass is 199 g/mol. The maximum atomic E-state index is 13.3. The van der Waals surface area contributed by atoms with Gasteiger partial charge in [0.05, 0.1) is 0 Å². The van der Waals surface area contributed by atoms with Crippen molar-refractivity contribution in [1.82, 2.24) is 5.32 Å². The van der Waals surface area contributed by atoms with E-state index in [0.29, 0.717) is 5.56 Å². The van der Waals surface area contributed by atoms with E-state index >= 15 is 0 Å². The lowest BCUT2D eigenvalue weighted by Gasteiger charge is -2.12. The molecule has 0 bridgehead atoms. The third-order valence-electron chi connectivity index (χ3n) is 2.53. The molecule has 1 aromatic carbocycles. The molecule has 1 heterocycles. The van der Waals surface area contributed by atoms with Gasteiger partial charge in [-0.15, -0.1) is 0 Å². The number of hydrogen-bond acceptors (Lipinski definition) is 2. The molecule has 1 aromatic rings. The first-order valence-corrected chi connectivity index (χ1v) is 4.60. The lowest BCUT2D eigenvalue weighted by Crippen LogP contribution is -2.14. The molecule has 2 N–H and O–H groups in total. The van der Waals surface area contributed by atoms with Crippen molar-refractivity contribution in [3.8, 4) is 5.75 Å². The summed E-state index contributed by atoms with van der Waals surface area (Å²) in [6.45, 7) is 0.826. The minimum absolute atomic E-state index is 0.120. The van der Waals surface area contributed by atoms with Gasteiger partial charge in [0.15, 0.2) is 11.6 Å². The van der Waals surface area contributed by atoms with E-state index in [9.17, 15) is 8.78 Å². The quantitative estimate of drug-likeness (QED) is 0.725. The smallest absolute Gasteiger partial charge is 0.200 e. The van der Waals surface area contributed by atoms with Crippen LogP contribution in [0.1, 0.15) is 24.4 Å². The maximum absolute atomic E-state index is 13.3. The largest absolute Gasteiger partial charge is 0.505 e. The number of phenols is 1. The Morgan fingerprint density at radius 1 is 1.29 bits per heavy atom. The zero-order chi connectivity index (χ0) is 10.1. The van der Waals surface area contributed by atoms with Gasteiger partial charge in [-0.1, -0.05) is 6.07 Å². The van der Waals surface area contributed by atoms with Gasteiger partial charge >= 0.3 is 0 Å². The van der Waals surface area contributed by atoms with Gasteiger partial charge in [0.1, 0.15) is 0 Å². The van der Waals surface area contributed by atoms with Crippen molar-refractivity contribution in [2.75, 3.05) is 6.54 Å². The molecule has 1 saturated heterocycles. The van der Waals surface area contributed by atoms with Crippen LogP contribution >= 0.6 is 0 Å². The van der Waals surface area contributed by atoms with Crippen LogP contribution < -0.4 is 5.32 Å². The Morgan fingerprint density at radius 3 is 2.71 bits per heavy atom. The van der Waals surface area contributed by atoms with Crippen LogP contribution in [0.25, 0.3) is 0 Å². The van der Waals surface area contributed by atoms with E-state index in [4.69, 9.17) is 5.11 Å². The number of hydrogen-bond donors (Lipinski definition) is 2. The minimum atomic E-state index is -1.16. The fraction of sp³-hybridized carbons (Fsp3) is 0.400. The molecule has 2 rings (SSSR count). The molecule has 2 nitrogen and oxygen atoms in total. The summed E-state index contributed by atoms with van der Waals surface area (Å²) in [6, 6.07) is 2.50. The highest BCUT2D eigenvalue weighted by Gasteiger charge is 2.22. The van der Waals surface area contributed by atoms with Crippen molar-refractivity contribution >= 4 is 0 Å². The molecule has 14 heavy (non-hydrogen) atoms. The Kier molecular flexibility index (Phi) is 2.37. The van der Waals surface area contributed by atoms with E-state index in [1.807, 2.05) is 0 Å². The fourth-order valence-electron chi connectivity index (χ4n) is 1.77. The molecular formula is C10H11F2NO. The SMILES string of the molecule is Oc1ccc(C2CCCN2)c(F)c1F. The molecule has 1 aliphatic heterocycles. The van der Waals surface area contributed by atoms with Crippen molar-refractivity contribution in [2.24, 2.45) is 0 Å². The van der Waals surface area contributed by atoms with Crippen LogP contribution in [0.4, 0.5) is 8.78 Å². The molecule has 1 aliphatic rings. The molecule has 1 unspecified atom stereocenters. The second-order valence-electron chi connectivity index (χ2n) is 3.45. The van der Waals surface area contributed by atoms with Gasteiger partial charge in [0.2, 0.25) is 5.82 Å². The van der Waals surface area contributed by atoms with Crippen molar-refractivity contribution in [3.05, 3.63) is 29.3 Å². The fourth-order valence-corrected chi connectivity index (χ4v) is 1.77. The van der Waals surface area contributed by atoms with E-state index in [1.165, 1.54) is 12.1 Å². The Balaban J connectivity index is 2.38. The molecule has 4 heteroatoms. The lowest BCUT2D eigenvalue weighted by molar-refractivity contribution is 0.400. The van der Waals surface area contributed by atoms with E-state index < -0.39 is 17.4 Å². The first-order valence-electron chi connectivity index (χ1n) is 4.60. The summed E-state index contributed by atoms with van der Waals surface area (Å²) in [4.78, 5) is 0. The zero-order valence-electron chi connectivity index (χ0n) is 7.56. The summed E-state index contributed by atoms with van der Waals surface area (Å²) in [5.41, 5.74) is 0.304. The van der Waals surface area contributed by atoms with Crippen LogP contribution in [0.2, 0.25) is 0 Å². The Bertz CT molecular complexity index is 348. The third kappa shape index (κ3) is 1.46. The summed E-state index contributed by atoms with van der Waals surface area (Å²) in [7, 11) is 0. The second-order valence-corrected chi connectivity index (χ2v) is 3.45. The van der Waals surface area contributed by atoms with Crippen LogP contribution in [-0.4, -0.2) is 11.7 Å². The zero-order valence-corrected chi connectivity index (χ0v) is 7.56. The Labute approximate surface area is 80.6 Å². The average molecular weight is 199 g/mol. The van der Waals surface area contributed by atoms with E-state index in [2.05, 4.69) is 5.32 Å². The number of aromatic hydroxyl groups is 1. The number of benzene rings is 1. The first kappa shape index (κ1) is 9.40. The normalized spacial score (nSPS) is 21.4. The molecule has 0 aromatic heterocycles. The second kappa shape index (κ2) is 3.53. The van der Waals surface area contributed by atoms with Crippen LogP contribution in [0, 0.1) is 11.6 Å². The number of halogens is 2. The first-order chi connectivity index (χ1) is 6.70. The van der Waals surface area contributed by atoms with Gasteiger partial charge in [0, 0.05) is 11.6 Å². The Hall–Kier alpha value is -1.16. The molecule has 0 amide bonds. The van der Waals surface area contributed by atoms with Gasteiger partial charge in [0.25, 0.3) is 0 Å². The van der Waals surface area contributed by atoms with E-state index in [0.717, 1.165) is 19.4 Å². The van der Waals surface area contributed by atoms with Gasteiger partial charge in [-0.25, -0.2) is 4.39 Å². The highest BCUT2D eigenvalue weighted by molar-refractivity contribution is 5.32. The molecule has 0 saturated carbocycles. The lowest BCUT2D eigenvalue weighted by atomic mass is 10.0. The van der Waals surface area contributed by atoms with Gasteiger partial charge in [-0.2, -0.15) is 4.39 Å². The Morgan fingerprint density at radius 2 is 2.07 bits per heavy atom. The molecule has 0 radical (unpaired) electrons. The summed E-state index contributed by atoms with van der Waals surface area (Å²) < 4.78 is 26.3. The highest BCUT2D eigenvalue weighted by Crippen LogP contribution is 2.29. The third-order valence-corrected chi connectivity index (χ3v) is 2.53. The van der Waals surface area contributed by atoms with Crippen LogP contribution in [0.3, 0.4) is 0 Å². The van der Waals surface area contributed by atoms with Crippen molar-refractivity contribution < 1.29 is 13.9 Å². The van der Waals surface area contributed by atoms with Gasteiger partial charge < -0.3 is 10.4 Å². The van der Waals surface area contributed by atoms with Crippen molar-refractivity contribution in [2.45, 2.75) is 18.9 Å². The van der Waals surface area contributed by atoms with Gasteiger partial charge in [-0.3, -0.25) is 0 Å². The molecule has 1 atom stereocenters. The summed E-state index contributed by atoms with van der Waals surface area (Å²) in [6.07, 6.45) is 1.77. The van der Waals surface area contributed by atoms with Crippen LogP contribution in [-0.2, 0) is 0 Å². The summed E-state index contributed by atoms with van der Waals surface area (Å²) >= 11 is 0. The molecule has 0 aliphatic carbocycles. The van der Waals surface area contributed by atoms with Crippen LogP contribution in [0.15, 0.2) is 12.1 Å². The highest BCUT2D eigenvalue weighted by atomic mass is 19.2. The predicted molar refractivity (Wildman–Crippen MR) is 48.0 cm³/mol. The van der Waals surface area contributed by atoms with E-state index in [-0.39, 0.29) is 6.04 Å². The summed E-state index contributed by atoms with van der Waals surface area (Å²) in [5.74, 6) is -2.73. The predicted octanol–water partition coefficient (Wildman–Crippen LogP) is 2.09. The van der Waals surface area contributed by atoms with Crippen molar-refractivity contribution in [1.29, 1.82) is 0 Å². The maximum Gasteiger partial charge on any atom is 0.200 e. The number of phenolic OH excluding ortho intramolecular Hbond substituents is 1. The molecular weight excluding hydrogens is 188 g/mol. The molecule has 1 fully saturated rings. The molecule has 0 spiro atoms. The molecule has 76 valence electrons. The van der Waals surface area contributed by atoms with E-state index in [1.54, 1.807) is 0 Å². The van der Waals surface area contributed by atoms with Gasteiger partial charge in [-0.05, 0) is 25.5 Å². The topological polar surface area (TPSA) is 32.3 Å². The summed E-state index contributed by atoms with van der Waals surface area (Å²) in [5, 5.41) is 12.0. The average Bonchev–Trinajstić information content (AvgIpc) is 2.67. The number of rotatable bonds is 1. The minimum Gasteiger partial charge on any atom is -0.505 e. The van der Waals surface area contributed by atoms with Crippen molar-refractivity contribution in [3.63, 3.8) is 0 Å². The standard InChI is InChI=1S/C10H11F2NO/c11-9-6(7-2-1-5-13-7)3-4-8(14)10(9)12/h3-4,7,13-14H,1-2,5H2. The van der Waals surface area contributed by atoms with Crippen LogP contribution in [0.5, 0.6) is 5.75 Å².